The third-order valence-electron chi connectivity index (χ3n) is 2.64. The molecule has 2 aromatic heterocycles. The summed E-state index contributed by atoms with van der Waals surface area (Å²) in [6.45, 7) is 0.418. The number of thiazole rings is 1. The first-order chi connectivity index (χ1) is 8.63. The molecule has 0 aliphatic heterocycles. The van der Waals surface area contributed by atoms with Crippen LogP contribution in [0.3, 0.4) is 0 Å². The molecule has 7 heteroatoms. The zero-order valence-corrected chi connectivity index (χ0v) is 10.7. The van der Waals surface area contributed by atoms with E-state index in [1.807, 2.05) is 0 Å². The summed E-state index contributed by atoms with van der Waals surface area (Å²) in [6, 6.07) is 4.45. The Bertz CT molecular complexity index is 827. The van der Waals surface area contributed by atoms with E-state index in [9.17, 15) is 9.18 Å². The van der Waals surface area contributed by atoms with Crippen LogP contribution in [0.25, 0.3) is 11.0 Å². The lowest BCUT2D eigenvalue weighted by Crippen LogP contribution is -2.03. The summed E-state index contributed by atoms with van der Waals surface area (Å²) in [5.41, 5.74) is 2.22. The normalized spacial score (nSPS) is 11.2. The molecule has 0 unspecified atom stereocenters. The molecule has 0 saturated heterocycles. The van der Waals surface area contributed by atoms with Gasteiger partial charge < -0.3 is 14.5 Å². The van der Waals surface area contributed by atoms with Crippen molar-refractivity contribution in [3.8, 4) is 0 Å². The monoisotopic (exact) mass is 281 g/mol. The highest BCUT2D eigenvalue weighted by molar-refractivity contribution is 7.71. The number of nitrogens with one attached hydrogen (secondary N) is 2. The van der Waals surface area contributed by atoms with Gasteiger partial charge >= 0.3 is 4.87 Å². The molecule has 0 amide bonds. The second kappa shape index (κ2) is 4.18. The van der Waals surface area contributed by atoms with E-state index >= 15 is 0 Å². The van der Waals surface area contributed by atoms with Crippen molar-refractivity contribution >= 4 is 34.6 Å². The third-order valence-corrected chi connectivity index (χ3v) is 3.68. The summed E-state index contributed by atoms with van der Waals surface area (Å²) in [6.07, 6.45) is 0. The number of H-pyrrole nitrogens is 2. The Morgan fingerprint density at radius 3 is 2.94 bits per heavy atom. The van der Waals surface area contributed by atoms with Crippen LogP contribution in [-0.4, -0.2) is 14.5 Å². The van der Waals surface area contributed by atoms with Crippen molar-refractivity contribution in [1.82, 2.24) is 14.5 Å². The van der Waals surface area contributed by atoms with Gasteiger partial charge in [0.2, 0.25) is 0 Å². The van der Waals surface area contributed by atoms with Crippen LogP contribution in [0.4, 0.5) is 4.39 Å². The minimum atomic E-state index is -0.316. The van der Waals surface area contributed by atoms with Gasteiger partial charge in [0.1, 0.15) is 5.82 Å². The van der Waals surface area contributed by atoms with Crippen LogP contribution in [0.5, 0.6) is 0 Å². The Morgan fingerprint density at radius 1 is 1.39 bits per heavy atom. The number of benzene rings is 1. The number of aromatic nitrogens is 3. The number of imidazole rings is 1. The molecule has 0 aliphatic carbocycles. The molecule has 0 aliphatic rings. The SMILES string of the molecule is O=c1[nH]c(Cn2c(=S)[nH]c3ccc(F)cc32)cs1. The molecule has 2 N–H and O–H groups in total. The highest BCUT2D eigenvalue weighted by Gasteiger charge is 2.07. The number of hydrogen-bond donors (Lipinski definition) is 2. The Kier molecular flexibility index (Phi) is 2.64. The molecule has 3 rings (SSSR count). The second-order valence-corrected chi connectivity index (χ2v) is 5.08. The minimum Gasteiger partial charge on any atom is -0.331 e. The molecular formula is C11H8FN3OS2. The molecule has 1 aromatic carbocycles. The summed E-state index contributed by atoms with van der Waals surface area (Å²) < 4.78 is 15.5. The summed E-state index contributed by atoms with van der Waals surface area (Å²) in [5.74, 6) is -0.316. The molecule has 0 radical (unpaired) electrons. The number of rotatable bonds is 2. The smallest absolute Gasteiger partial charge is 0.304 e. The zero-order valence-electron chi connectivity index (χ0n) is 9.07. The summed E-state index contributed by atoms with van der Waals surface area (Å²) >= 11 is 6.30. The van der Waals surface area contributed by atoms with Crippen molar-refractivity contribution in [2.24, 2.45) is 0 Å². The van der Waals surface area contributed by atoms with Gasteiger partial charge in [-0.05, 0) is 30.4 Å². The molecule has 0 fully saturated rings. The van der Waals surface area contributed by atoms with Gasteiger partial charge in [0.25, 0.3) is 0 Å². The van der Waals surface area contributed by atoms with Crippen LogP contribution in [0.2, 0.25) is 0 Å². The lowest BCUT2D eigenvalue weighted by molar-refractivity contribution is 0.628. The second-order valence-electron chi connectivity index (χ2n) is 3.85. The van der Waals surface area contributed by atoms with Crippen molar-refractivity contribution in [1.29, 1.82) is 0 Å². The summed E-state index contributed by atoms with van der Waals surface area (Å²) in [5, 5.41) is 1.74. The average Bonchev–Trinajstić information content (AvgIpc) is 2.86. The maximum Gasteiger partial charge on any atom is 0.304 e. The van der Waals surface area contributed by atoms with E-state index in [1.165, 1.54) is 12.1 Å². The van der Waals surface area contributed by atoms with E-state index in [0.717, 1.165) is 22.5 Å². The van der Waals surface area contributed by atoms with Crippen LogP contribution < -0.4 is 4.87 Å². The fourth-order valence-corrected chi connectivity index (χ4v) is 2.69. The quantitative estimate of drug-likeness (QED) is 0.709. The Hall–Kier alpha value is -1.73. The fourth-order valence-electron chi connectivity index (χ4n) is 1.84. The van der Waals surface area contributed by atoms with E-state index in [0.29, 0.717) is 16.8 Å². The van der Waals surface area contributed by atoms with Gasteiger partial charge in [-0.15, -0.1) is 0 Å². The Morgan fingerprint density at radius 2 is 2.22 bits per heavy atom. The molecular weight excluding hydrogens is 273 g/mol. The maximum atomic E-state index is 13.3. The van der Waals surface area contributed by atoms with Gasteiger partial charge in [-0.3, -0.25) is 4.79 Å². The molecule has 4 nitrogen and oxygen atoms in total. The highest BCUT2D eigenvalue weighted by Crippen LogP contribution is 2.16. The number of nitrogens with zero attached hydrogens (tertiary/aromatic N) is 1. The standard InChI is InChI=1S/C11H8FN3OS2/c12-6-1-2-8-9(3-6)15(10(17)14-8)4-7-5-18-11(16)13-7/h1-3,5H,4H2,(H,13,16)(H,14,17). The summed E-state index contributed by atoms with van der Waals surface area (Å²) in [7, 11) is 0. The van der Waals surface area contributed by atoms with E-state index in [2.05, 4.69) is 9.97 Å². The first-order valence-electron chi connectivity index (χ1n) is 5.18. The Labute approximate surface area is 110 Å². The highest BCUT2D eigenvalue weighted by atomic mass is 32.1. The van der Waals surface area contributed by atoms with E-state index in [1.54, 1.807) is 16.0 Å². The van der Waals surface area contributed by atoms with Crippen molar-refractivity contribution in [2.45, 2.75) is 6.54 Å². The van der Waals surface area contributed by atoms with Crippen molar-refractivity contribution in [3.63, 3.8) is 0 Å². The molecule has 3 aromatic rings. The van der Waals surface area contributed by atoms with Crippen molar-refractivity contribution in [2.75, 3.05) is 0 Å². The van der Waals surface area contributed by atoms with Gasteiger partial charge in [0.05, 0.1) is 17.6 Å². The summed E-state index contributed by atoms with van der Waals surface area (Å²) in [4.78, 5) is 16.7. The van der Waals surface area contributed by atoms with Crippen molar-refractivity contribution in [3.05, 3.63) is 49.5 Å². The van der Waals surface area contributed by atoms with Crippen LogP contribution >= 0.6 is 23.6 Å². The first kappa shape index (κ1) is 11.4. The third kappa shape index (κ3) is 1.91. The van der Waals surface area contributed by atoms with Crippen LogP contribution in [-0.2, 0) is 6.54 Å². The minimum absolute atomic E-state index is 0.109. The first-order valence-corrected chi connectivity index (χ1v) is 6.47. The van der Waals surface area contributed by atoms with Crippen LogP contribution in [0, 0.1) is 10.6 Å². The lowest BCUT2D eigenvalue weighted by Gasteiger charge is -2.02. The molecule has 92 valence electrons. The molecule has 2 heterocycles. The van der Waals surface area contributed by atoms with Crippen molar-refractivity contribution < 1.29 is 4.39 Å². The number of fused-ring (bicyclic) bond motifs is 1. The van der Waals surface area contributed by atoms with Gasteiger partial charge in [-0.25, -0.2) is 4.39 Å². The van der Waals surface area contributed by atoms with Crippen LogP contribution in [0.1, 0.15) is 5.69 Å². The van der Waals surface area contributed by atoms with Gasteiger partial charge in [0, 0.05) is 11.1 Å². The predicted molar refractivity (Wildman–Crippen MR) is 71.1 cm³/mol. The molecule has 0 spiro atoms. The molecule has 0 atom stereocenters. The van der Waals surface area contributed by atoms with Gasteiger partial charge in [0.15, 0.2) is 4.77 Å². The van der Waals surface area contributed by atoms with Gasteiger partial charge in [-0.2, -0.15) is 0 Å². The van der Waals surface area contributed by atoms with Gasteiger partial charge in [-0.1, -0.05) is 11.3 Å². The largest absolute Gasteiger partial charge is 0.331 e. The molecule has 0 bridgehead atoms. The zero-order chi connectivity index (χ0) is 12.7. The number of halogens is 1. The van der Waals surface area contributed by atoms with Crippen LogP contribution in [0.15, 0.2) is 28.4 Å². The van der Waals surface area contributed by atoms with E-state index in [-0.39, 0.29) is 10.7 Å². The number of hydrogen-bond acceptors (Lipinski definition) is 3. The predicted octanol–water partition coefficient (Wildman–Crippen LogP) is 2.64. The molecule has 0 saturated carbocycles. The van der Waals surface area contributed by atoms with E-state index in [4.69, 9.17) is 12.2 Å². The lowest BCUT2D eigenvalue weighted by atomic mass is 10.3. The van der Waals surface area contributed by atoms with E-state index < -0.39 is 0 Å². The maximum absolute atomic E-state index is 13.3. The average molecular weight is 281 g/mol. The topological polar surface area (TPSA) is 53.6 Å². The number of aromatic amines is 2. The Balaban J connectivity index is 2.16. The fraction of sp³-hybridized carbons (Fsp3) is 0.0909. The molecule has 18 heavy (non-hydrogen) atoms.